The topological polar surface area (TPSA) is 38.0 Å². The molecular weight excluding hydrogens is 244 g/mol. The third kappa shape index (κ3) is 3.38. The lowest BCUT2D eigenvalue weighted by atomic mass is 9.77. The fourth-order valence-electron chi connectivity index (χ4n) is 2.43. The van der Waals surface area contributed by atoms with Gasteiger partial charge in [0.2, 0.25) is 0 Å². The Bertz CT molecular complexity index is 569. The highest BCUT2D eigenvalue weighted by Crippen LogP contribution is 2.33. The van der Waals surface area contributed by atoms with Gasteiger partial charge in [0.25, 0.3) is 0 Å². The van der Waals surface area contributed by atoms with Crippen LogP contribution >= 0.6 is 0 Å². The second kappa shape index (κ2) is 5.94. The van der Waals surface area contributed by atoms with Crippen molar-refractivity contribution in [2.45, 2.75) is 40.2 Å². The number of nitrogens with two attached hydrogens (primary N) is 1. The molecule has 0 bridgehead atoms. The lowest BCUT2D eigenvalue weighted by Gasteiger charge is -2.30. The van der Waals surface area contributed by atoms with Crippen LogP contribution in [0, 0.1) is 11.3 Å². The molecule has 0 heterocycles. The first-order valence-corrected chi connectivity index (χ1v) is 7.36. The zero-order valence-corrected chi connectivity index (χ0v) is 13.0. The number of fused-ring (bicyclic) bond motifs is 1. The van der Waals surface area contributed by atoms with E-state index in [0.29, 0.717) is 11.3 Å². The van der Waals surface area contributed by atoms with Gasteiger partial charge in [-0.05, 0) is 40.2 Å². The van der Waals surface area contributed by atoms with Gasteiger partial charge >= 0.3 is 0 Å². The minimum absolute atomic E-state index is 0.203. The maximum absolute atomic E-state index is 5.79. The molecule has 108 valence electrons. The summed E-state index contributed by atoms with van der Waals surface area (Å²) in [5, 5.41) is 2.55. The number of benzene rings is 2. The molecule has 2 atom stereocenters. The average Bonchev–Trinajstić information content (AvgIpc) is 2.43. The van der Waals surface area contributed by atoms with Crippen molar-refractivity contribution in [3.05, 3.63) is 48.0 Å². The number of rotatable bonds is 4. The highest BCUT2D eigenvalue weighted by atomic mass is 15.2. The summed E-state index contributed by atoms with van der Waals surface area (Å²) in [5.41, 5.74) is 4.55. The molecule has 0 saturated carbocycles. The zero-order valence-electron chi connectivity index (χ0n) is 13.0. The third-order valence-electron chi connectivity index (χ3n) is 4.44. The van der Waals surface area contributed by atoms with Crippen LogP contribution < -0.4 is 11.3 Å². The van der Waals surface area contributed by atoms with Crippen molar-refractivity contribution in [2.24, 2.45) is 17.2 Å². The Kier molecular flexibility index (Phi) is 4.46. The van der Waals surface area contributed by atoms with Crippen molar-refractivity contribution < 1.29 is 0 Å². The van der Waals surface area contributed by atoms with Crippen molar-refractivity contribution in [1.29, 1.82) is 0 Å². The molecule has 20 heavy (non-hydrogen) atoms. The van der Waals surface area contributed by atoms with Gasteiger partial charge in [-0.3, -0.25) is 11.3 Å². The van der Waals surface area contributed by atoms with E-state index in [1.165, 1.54) is 16.3 Å². The molecule has 2 aromatic rings. The van der Waals surface area contributed by atoms with Crippen LogP contribution in [-0.4, -0.2) is 0 Å². The van der Waals surface area contributed by atoms with Gasteiger partial charge in [-0.15, -0.1) is 0 Å². The van der Waals surface area contributed by atoms with Gasteiger partial charge in [0, 0.05) is 6.04 Å². The van der Waals surface area contributed by atoms with Crippen molar-refractivity contribution >= 4 is 10.8 Å². The van der Waals surface area contributed by atoms with Crippen LogP contribution in [0.15, 0.2) is 42.5 Å². The van der Waals surface area contributed by atoms with E-state index in [-0.39, 0.29) is 6.04 Å². The number of hydrogen-bond acceptors (Lipinski definition) is 2. The Balaban J connectivity index is 2.25. The summed E-state index contributed by atoms with van der Waals surface area (Å²) in [6, 6.07) is 15.3. The summed E-state index contributed by atoms with van der Waals surface area (Å²) in [5.74, 6) is 6.38. The minimum Gasteiger partial charge on any atom is -0.271 e. The van der Waals surface area contributed by atoms with E-state index in [1.807, 2.05) is 0 Å². The van der Waals surface area contributed by atoms with E-state index < -0.39 is 0 Å². The average molecular weight is 270 g/mol. The normalized spacial score (nSPS) is 15.2. The predicted molar refractivity (Wildman–Crippen MR) is 87.2 cm³/mol. The van der Waals surface area contributed by atoms with Crippen LogP contribution in [0.5, 0.6) is 0 Å². The van der Waals surface area contributed by atoms with Crippen molar-refractivity contribution in [3.63, 3.8) is 0 Å². The third-order valence-corrected chi connectivity index (χ3v) is 4.44. The van der Waals surface area contributed by atoms with Crippen LogP contribution in [0.25, 0.3) is 10.8 Å². The summed E-state index contributed by atoms with van der Waals surface area (Å²) < 4.78 is 0. The maximum Gasteiger partial charge on any atom is 0.0462 e. The number of hydrazine groups is 1. The van der Waals surface area contributed by atoms with Crippen LogP contribution in [0.4, 0.5) is 0 Å². The molecule has 0 aliphatic carbocycles. The van der Waals surface area contributed by atoms with Crippen LogP contribution in [0.2, 0.25) is 0 Å². The smallest absolute Gasteiger partial charge is 0.0462 e. The van der Waals surface area contributed by atoms with Crippen molar-refractivity contribution in [3.8, 4) is 0 Å². The summed E-state index contributed by atoms with van der Waals surface area (Å²) in [6.45, 7) is 9.15. The quantitative estimate of drug-likeness (QED) is 0.637. The van der Waals surface area contributed by atoms with E-state index in [2.05, 4.69) is 75.6 Å². The molecule has 2 heteroatoms. The second-order valence-electron chi connectivity index (χ2n) is 6.83. The first-order chi connectivity index (χ1) is 9.41. The van der Waals surface area contributed by atoms with Gasteiger partial charge in [-0.25, -0.2) is 0 Å². The highest BCUT2D eigenvalue weighted by molar-refractivity contribution is 5.83. The molecule has 3 N–H and O–H groups in total. The van der Waals surface area contributed by atoms with Gasteiger partial charge in [-0.2, -0.15) is 0 Å². The second-order valence-corrected chi connectivity index (χ2v) is 6.83. The molecular formula is C18H26N2. The molecule has 0 spiro atoms. The monoisotopic (exact) mass is 270 g/mol. The molecule has 2 aromatic carbocycles. The Hall–Kier alpha value is -1.38. The molecule has 2 rings (SSSR count). The van der Waals surface area contributed by atoms with Gasteiger partial charge in [-0.1, -0.05) is 64.1 Å². The largest absolute Gasteiger partial charge is 0.271 e. The van der Waals surface area contributed by atoms with Crippen LogP contribution in [0.3, 0.4) is 0 Å². The first-order valence-electron chi connectivity index (χ1n) is 7.36. The molecule has 0 amide bonds. The van der Waals surface area contributed by atoms with Gasteiger partial charge in [0.15, 0.2) is 0 Å². The van der Waals surface area contributed by atoms with E-state index in [1.54, 1.807) is 0 Å². The van der Waals surface area contributed by atoms with E-state index in [9.17, 15) is 0 Å². The number of hydrogen-bond donors (Lipinski definition) is 2. The first kappa shape index (κ1) is 15.0. The lowest BCUT2D eigenvalue weighted by Crippen LogP contribution is -2.31. The molecule has 0 aliphatic heterocycles. The van der Waals surface area contributed by atoms with E-state index >= 15 is 0 Å². The summed E-state index contributed by atoms with van der Waals surface area (Å²) >= 11 is 0. The minimum atomic E-state index is 0.203. The van der Waals surface area contributed by atoms with E-state index in [4.69, 9.17) is 5.84 Å². The standard InChI is InChI=1S/C18H26N2/c1-13(18(2,3)4)11-17(20-19)16-10-9-14-7-5-6-8-15(14)12-16/h5-10,12-13,17,20H,11,19H2,1-4H3. The van der Waals surface area contributed by atoms with E-state index in [0.717, 1.165) is 6.42 Å². The molecule has 0 aromatic heterocycles. The van der Waals surface area contributed by atoms with Crippen molar-refractivity contribution in [2.75, 3.05) is 0 Å². The SMILES string of the molecule is CC(CC(NN)c1ccc2ccccc2c1)C(C)(C)C. The van der Waals surface area contributed by atoms with Crippen molar-refractivity contribution in [1.82, 2.24) is 5.43 Å². The molecule has 0 fully saturated rings. The molecule has 0 aliphatic rings. The lowest BCUT2D eigenvalue weighted by molar-refractivity contribution is 0.223. The Morgan fingerprint density at radius 1 is 1.05 bits per heavy atom. The van der Waals surface area contributed by atoms with Crippen LogP contribution in [0.1, 0.15) is 45.7 Å². The Morgan fingerprint density at radius 3 is 2.30 bits per heavy atom. The summed E-state index contributed by atoms with van der Waals surface area (Å²) in [6.07, 6.45) is 1.04. The number of nitrogens with one attached hydrogen (secondary N) is 1. The summed E-state index contributed by atoms with van der Waals surface area (Å²) in [4.78, 5) is 0. The summed E-state index contributed by atoms with van der Waals surface area (Å²) in [7, 11) is 0. The molecule has 2 unspecified atom stereocenters. The fourth-order valence-corrected chi connectivity index (χ4v) is 2.43. The molecule has 0 saturated heterocycles. The fraction of sp³-hybridized carbons (Fsp3) is 0.444. The van der Waals surface area contributed by atoms with Gasteiger partial charge in [0.1, 0.15) is 0 Å². The molecule has 0 radical (unpaired) electrons. The maximum atomic E-state index is 5.79. The Morgan fingerprint density at radius 2 is 1.70 bits per heavy atom. The predicted octanol–water partition coefficient (Wildman–Crippen LogP) is 4.42. The van der Waals surface area contributed by atoms with Gasteiger partial charge in [0.05, 0.1) is 0 Å². The Labute approximate surface area is 122 Å². The van der Waals surface area contributed by atoms with Gasteiger partial charge < -0.3 is 0 Å². The molecule has 2 nitrogen and oxygen atoms in total. The zero-order chi connectivity index (χ0) is 14.8. The highest BCUT2D eigenvalue weighted by Gasteiger charge is 2.24. The van der Waals surface area contributed by atoms with Crippen LogP contribution in [-0.2, 0) is 0 Å².